The van der Waals surface area contributed by atoms with Gasteiger partial charge < -0.3 is 18.2 Å². The fourth-order valence-corrected chi connectivity index (χ4v) is 8.67. The van der Waals surface area contributed by atoms with E-state index in [4.69, 9.17) is 13.3 Å². The molecule has 9 aromatic carbocycles. The predicted octanol–water partition coefficient (Wildman–Crippen LogP) is 15.9. The van der Waals surface area contributed by atoms with E-state index < -0.39 is 0 Å². The molecular weight excluding hydrogens is 711 g/mol. The summed E-state index contributed by atoms with van der Waals surface area (Å²) in [4.78, 5) is 2.29. The second-order valence-electron chi connectivity index (χ2n) is 14.9. The first-order valence-electron chi connectivity index (χ1n) is 19.6. The quantitative estimate of drug-likeness (QED) is 0.170. The van der Waals surface area contributed by atoms with E-state index in [-0.39, 0.29) is 0 Å². The predicted molar refractivity (Wildman–Crippen MR) is 239 cm³/mol. The van der Waals surface area contributed by atoms with Crippen LogP contribution in [0.1, 0.15) is 0 Å². The zero-order valence-corrected chi connectivity index (χ0v) is 31.2. The molecule has 0 aliphatic rings. The van der Waals surface area contributed by atoms with Crippen LogP contribution >= 0.6 is 0 Å². The monoisotopic (exact) mass is 743 g/mol. The van der Waals surface area contributed by atoms with Gasteiger partial charge in [0.2, 0.25) is 0 Å². The summed E-state index contributed by atoms with van der Waals surface area (Å²) in [7, 11) is 0. The van der Waals surface area contributed by atoms with Crippen molar-refractivity contribution in [3.05, 3.63) is 200 Å². The van der Waals surface area contributed by atoms with Gasteiger partial charge in [-0.3, -0.25) is 0 Å². The topological polar surface area (TPSA) is 42.7 Å². The van der Waals surface area contributed by atoms with E-state index in [9.17, 15) is 0 Å². The second-order valence-corrected chi connectivity index (χ2v) is 14.9. The molecule has 0 fully saturated rings. The first kappa shape index (κ1) is 32.4. The van der Waals surface area contributed by atoms with Gasteiger partial charge in [-0.2, -0.15) is 0 Å². The van der Waals surface area contributed by atoms with Crippen LogP contribution in [0.15, 0.2) is 213 Å². The second kappa shape index (κ2) is 12.9. The molecule has 58 heavy (non-hydrogen) atoms. The highest BCUT2D eigenvalue weighted by Gasteiger charge is 2.20. The van der Waals surface area contributed by atoms with Crippen LogP contribution in [0, 0.1) is 0 Å². The number of anilines is 3. The highest BCUT2D eigenvalue weighted by Crippen LogP contribution is 2.44. The zero-order chi connectivity index (χ0) is 38.2. The van der Waals surface area contributed by atoms with Gasteiger partial charge in [0.1, 0.15) is 27.9 Å². The van der Waals surface area contributed by atoms with E-state index in [0.29, 0.717) is 0 Å². The molecule has 0 saturated heterocycles. The fourth-order valence-electron chi connectivity index (χ4n) is 8.67. The summed E-state index contributed by atoms with van der Waals surface area (Å²) >= 11 is 0. The van der Waals surface area contributed by atoms with Crippen LogP contribution in [0.2, 0.25) is 0 Å². The minimum absolute atomic E-state index is 0.847. The van der Waals surface area contributed by atoms with E-state index >= 15 is 0 Å². The van der Waals surface area contributed by atoms with Crippen LogP contribution in [0.3, 0.4) is 0 Å². The normalized spacial score (nSPS) is 11.8. The molecule has 272 valence electrons. The molecule has 3 aromatic heterocycles. The third-order valence-electron chi connectivity index (χ3n) is 11.5. The fraction of sp³-hybridized carbons (Fsp3) is 0. The molecule has 4 heteroatoms. The molecule has 0 saturated carbocycles. The summed E-state index contributed by atoms with van der Waals surface area (Å²) in [6, 6.07) is 70.2. The zero-order valence-electron chi connectivity index (χ0n) is 31.2. The van der Waals surface area contributed by atoms with E-state index in [1.54, 1.807) is 0 Å². The smallest absolute Gasteiger partial charge is 0.159 e. The highest BCUT2D eigenvalue weighted by atomic mass is 16.3. The van der Waals surface area contributed by atoms with Gasteiger partial charge in [-0.05, 0) is 94.5 Å². The molecule has 0 aliphatic carbocycles. The van der Waals surface area contributed by atoms with Crippen molar-refractivity contribution in [2.75, 3.05) is 4.90 Å². The van der Waals surface area contributed by atoms with Crippen molar-refractivity contribution < 1.29 is 13.3 Å². The average Bonchev–Trinajstić information content (AvgIpc) is 3.98. The maximum atomic E-state index is 6.60. The molecule has 0 aliphatic heterocycles. The number of nitrogens with zero attached hydrogens (tertiary/aromatic N) is 1. The van der Waals surface area contributed by atoms with Crippen molar-refractivity contribution in [2.24, 2.45) is 0 Å². The van der Waals surface area contributed by atoms with Gasteiger partial charge in [0.25, 0.3) is 0 Å². The lowest BCUT2D eigenvalue weighted by molar-refractivity contribution is 0.668. The molecule has 0 N–H and O–H groups in total. The minimum Gasteiger partial charge on any atom is -0.456 e. The van der Waals surface area contributed by atoms with Crippen molar-refractivity contribution in [2.45, 2.75) is 0 Å². The third-order valence-corrected chi connectivity index (χ3v) is 11.5. The largest absolute Gasteiger partial charge is 0.456 e. The number of benzene rings is 9. The summed E-state index contributed by atoms with van der Waals surface area (Å²) in [5, 5.41) is 6.66. The minimum atomic E-state index is 0.847. The SMILES string of the molecule is c1ccc(-c2cccc3c2oc2ccc(-c4ccc(N(c5ccc(-c6ccc7c(c6)oc6ccccc67)cc5)c5cccc6c5oc5ccccc56)cc4)cc23)cc1. The third kappa shape index (κ3) is 5.16. The van der Waals surface area contributed by atoms with E-state index in [2.05, 4.69) is 175 Å². The average molecular weight is 744 g/mol. The van der Waals surface area contributed by atoms with Crippen LogP contribution in [0.5, 0.6) is 0 Å². The molecule has 0 amide bonds. The Hall–Kier alpha value is -7.82. The van der Waals surface area contributed by atoms with Crippen molar-refractivity contribution in [3.63, 3.8) is 0 Å². The van der Waals surface area contributed by atoms with Gasteiger partial charge in [0, 0.05) is 49.3 Å². The Balaban J connectivity index is 0.949. The number of hydrogen-bond acceptors (Lipinski definition) is 4. The Morgan fingerprint density at radius 3 is 1.53 bits per heavy atom. The summed E-state index contributed by atoms with van der Waals surface area (Å²) in [6.45, 7) is 0. The molecule has 12 rings (SSSR count). The van der Waals surface area contributed by atoms with Crippen molar-refractivity contribution in [1.29, 1.82) is 0 Å². The molecule has 0 unspecified atom stereocenters. The molecule has 12 aromatic rings. The summed E-state index contributed by atoms with van der Waals surface area (Å²) in [6.07, 6.45) is 0. The first-order valence-corrected chi connectivity index (χ1v) is 19.6. The molecule has 3 heterocycles. The molecule has 0 radical (unpaired) electrons. The Bertz CT molecular complexity index is 3500. The lowest BCUT2D eigenvalue weighted by atomic mass is 10.00. The maximum absolute atomic E-state index is 6.60. The Labute approximate surface area is 333 Å². The summed E-state index contributed by atoms with van der Waals surface area (Å²) < 4.78 is 19.3. The summed E-state index contributed by atoms with van der Waals surface area (Å²) in [5.74, 6) is 0. The van der Waals surface area contributed by atoms with Gasteiger partial charge in [0.05, 0.1) is 5.69 Å². The van der Waals surface area contributed by atoms with Gasteiger partial charge >= 0.3 is 0 Å². The van der Waals surface area contributed by atoms with E-state index in [0.717, 1.165) is 116 Å². The molecular formula is C54H33NO3. The number of rotatable bonds is 6. The van der Waals surface area contributed by atoms with Crippen LogP contribution in [-0.4, -0.2) is 0 Å². The highest BCUT2D eigenvalue weighted by molar-refractivity contribution is 6.12. The van der Waals surface area contributed by atoms with Crippen molar-refractivity contribution in [1.82, 2.24) is 0 Å². The standard InChI is InChI=1S/C54H33NO3/c1-2-10-36(11-3-1)41-14-8-15-46-47-32-37(25-31-51(47)57-53(41)46)34-20-26-39(27-21-34)55(48-17-9-16-45-43-13-5-7-19-50(43)58-54(45)48)40-28-22-35(23-29-40)38-24-30-44-42-12-4-6-18-49(42)56-52(44)33-38/h1-33H. The first-order chi connectivity index (χ1) is 28.7. The van der Waals surface area contributed by atoms with Crippen LogP contribution in [0.25, 0.3) is 99.2 Å². The van der Waals surface area contributed by atoms with Crippen LogP contribution < -0.4 is 4.90 Å². The summed E-state index contributed by atoms with van der Waals surface area (Å²) in [5.41, 5.74) is 15.0. The lowest BCUT2D eigenvalue weighted by Gasteiger charge is -2.26. The maximum Gasteiger partial charge on any atom is 0.159 e. The number of fused-ring (bicyclic) bond motifs is 9. The van der Waals surface area contributed by atoms with Crippen molar-refractivity contribution in [3.8, 4) is 33.4 Å². The van der Waals surface area contributed by atoms with Gasteiger partial charge in [-0.15, -0.1) is 0 Å². The number of para-hydroxylation sites is 4. The van der Waals surface area contributed by atoms with Gasteiger partial charge in [0.15, 0.2) is 5.58 Å². The van der Waals surface area contributed by atoms with Crippen LogP contribution in [-0.2, 0) is 0 Å². The van der Waals surface area contributed by atoms with Crippen molar-refractivity contribution >= 4 is 82.9 Å². The molecule has 0 spiro atoms. The molecule has 0 atom stereocenters. The Morgan fingerprint density at radius 2 is 0.793 bits per heavy atom. The number of furan rings is 3. The molecule has 0 bridgehead atoms. The van der Waals surface area contributed by atoms with Gasteiger partial charge in [-0.25, -0.2) is 0 Å². The van der Waals surface area contributed by atoms with Gasteiger partial charge in [-0.1, -0.05) is 133 Å². The lowest BCUT2D eigenvalue weighted by Crippen LogP contribution is -2.10. The molecule has 4 nitrogen and oxygen atoms in total. The Kier molecular flexibility index (Phi) is 7.20. The van der Waals surface area contributed by atoms with E-state index in [1.807, 2.05) is 30.3 Å². The van der Waals surface area contributed by atoms with Crippen LogP contribution in [0.4, 0.5) is 17.1 Å². The number of hydrogen-bond donors (Lipinski definition) is 0. The Morgan fingerprint density at radius 1 is 0.276 bits per heavy atom. The van der Waals surface area contributed by atoms with E-state index in [1.165, 1.54) is 0 Å².